The summed E-state index contributed by atoms with van der Waals surface area (Å²) in [6.45, 7) is 6.56. The zero-order chi connectivity index (χ0) is 29.3. The summed E-state index contributed by atoms with van der Waals surface area (Å²) in [7, 11) is 0. The Morgan fingerprint density at radius 1 is 0.805 bits per heavy atom. The lowest BCUT2D eigenvalue weighted by atomic mass is 9.86. The van der Waals surface area contributed by atoms with Crippen LogP contribution in [-0.2, 0) is 0 Å². The smallest absolute Gasteiger partial charge is 0.293 e. The van der Waals surface area contributed by atoms with Gasteiger partial charge >= 0.3 is 0 Å². The first-order valence-corrected chi connectivity index (χ1v) is 15.5. The molecule has 3 rings (SSSR count). The number of benzene rings is 2. The molecule has 0 aromatic heterocycles. The molecule has 2 atom stereocenters. The van der Waals surface area contributed by atoms with Gasteiger partial charge in [-0.05, 0) is 47.8 Å². The summed E-state index contributed by atoms with van der Waals surface area (Å²) in [6, 6.07) is 17.8. The Bertz CT molecular complexity index is 1160. The van der Waals surface area contributed by atoms with Gasteiger partial charge in [0.05, 0.1) is 0 Å². The van der Waals surface area contributed by atoms with Gasteiger partial charge in [0, 0.05) is 35.9 Å². The number of nitrogens with zero attached hydrogens (tertiary/aromatic N) is 2. The van der Waals surface area contributed by atoms with Crippen LogP contribution in [0.25, 0.3) is 12.2 Å². The Balaban J connectivity index is 1.67. The predicted octanol–water partition coefficient (Wildman–Crippen LogP) is 10.0. The average Bonchev–Trinajstić information content (AvgIpc) is 2.99. The maximum Gasteiger partial charge on any atom is 0.293 e. The highest BCUT2D eigenvalue weighted by Gasteiger charge is 2.47. The lowest BCUT2D eigenvalue weighted by Crippen LogP contribution is -2.44. The minimum atomic E-state index is -1.92. The van der Waals surface area contributed by atoms with Gasteiger partial charge in [-0.1, -0.05) is 132 Å². The second-order valence-electron chi connectivity index (χ2n) is 11.0. The van der Waals surface area contributed by atoms with Crippen molar-refractivity contribution < 1.29 is 9.31 Å². The predicted molar refractivity (Wildman–Crippen MR) is 173 cm³/mol. The van der Waals surface area contributed by atoms with E-state index in [9.17, 15) is 10.1 Å². The van der Waals surface area contributed by atoms with E-state index >= 15 is 4.39 Å². The third kappa shape index (κ3) is 10.1. The molecule has 0 bridgehead atoms. The topological polar surface area (TPSA) is 46.4 Å². The molecule has 0 N–H and O–H groups in total. The largest absolute Gasteiger partial charge is 0.372 e. The molecule has 1 aliphatic carbocycles. The first-order chi connectivity index (χ1) is 20.0. The van der Waals surface area contributed by atoms with Crippen molar-refractivity contribution in [2.24, 2.45) is 0 Å². The summed E-state index contributed by atoms with van der Waals surface area (Å²) in [5.41, 5.74) is 1.67. The molecule has 5 heteroatoms. The van der Waals surface area contributed by atoms with Gasteiger partial charge in [0.2, 0.25) is 0 Å². The number of anilines is 1. The summed E-state index contributed by atoms with van der Waals surface area (Å²) in [4.78, 5) is 14.0. The fourth-order valence-corrected chi connectivity index (χ4v) is 5.13. The zero-order valence-corrected chi connectivity index (χ0v) is 24.9. The third-order valence-electron chi connectivity index (χ3n) is 7.77. The van der Waals surface area contributed by atoms with Crippen LogP contribution in [0.1, 0.15) is 89.2 Å². The van der Waals surface area contributed by atoms with E-state index in [0.29, 0.717) is 5.57 Å². The first kappa shape index (κ1) is 32.0. The van der Waals surface area contributed by atoms with E-state index < -0.39 is 16.6 Å². The summed E-state index contributed by atoms with van der Waals surface area (Å²) in [6.07, 6.45) is 21.8. The Hall–Kier alpha value is -3.47. The molecule has 0 saturated carbocycles. The molecule has 0 fully saturated rings. The van der Waals surface area contributed by atoms with Crippen molar-refractivity contribution >= 4 is 17.8 Å². The fourth-order valence-electron chi connectivity index (χ4n) is 5.13. The molecular weight excluding hydrogens is 511 g/mol. The lowest BCUT2D eigenvalue weighted by molar-refractivity contribution is -0.547. The molecule has 220 valence electrons. The molecule has 2 aromatic carbocycles. The molecule has 4 nitrogen and oxygen atoms in total. The van der Waals surface area contributed by atoms with Crippen LogP contribution in [0, 0.1) is 10.1 Å². The number of alkyl halides is 1. The molecule has 1 aliphatic rings. The van der Waals surface area contributed by atoms with E-state index in [1.807, 2.05) is 48.5 Å². The normalized spacial score (nSPS) is 18.7. The highest BCUT2D eigenvalue weighted by atomic mass is 19.1. The minimum Gasteiger partial charge on any atom is -0.372 e. The van der Waals surface area contributed by atoms with Crippen molar-refractivity contribution in [3.63, 3.8) is 0 Å². The molecule has 0 heterocycles. The van der Waals surface area contributed by atoms with E-state index in [1.54, 1.807) is 18.2 Å². The van der Waals surface area contributed by atoms with Gasteiger partial charge < -0.3 is 4.90 Å². The monoisotopic (exact) mass is 558 g/mol. The number of hydrogen-bond donors (Lipinski definition) is 0. The highest BCUT2D eigenvalue weighted by molar-refractivity contribution is 5.59. The number of allylic oxidation sites excluding steroid dienone is 3. The van der Waals surface area contributed by atoms with Crippen molar-refractivity contribution in [1.82, 2.24) is 0 Å². The Morgan fingerprint density at radius 3 is 1.95 bits per heavy atom. The molecule has 2 unspecified atom stereocenters. The fraction of sp³-hybridized carbons (Fsp3) is 0.444. The maximum atomic E-state index is 15.3. The van der Waals surface area contributed by atoms with E-state index in [2.05, 4.69) is 30.9 Å². The minimum absolute atomic E-state index is 0.536. The van der Waals surface area contributed by atoms with Crippen LogP contribution in [0.4, 0.5) is 10.1 Å². The molecular formula is C36H47FN2O2. The highest BCUT2D eigenvalue weighted by Crippen LogP contribution is 2.31. The lowest BCUT2D eigenvalue weighted by Gasteiger charge is -2.25. The second-order valence-corrected chi connectivity index (χ2v) is 11.0. The molecule has 41 heavy (non-hydrogen) atoms. The van der Waals surface area contributed by atoms with Gasteiger partial charge in [-0.2, -0.15) is 0 Å². The SMILES string of the molecule is CCCCCCCN(CCCCCCC)c1ccc(C=CC2([N+](=O)[O-])C=CC(C=Cc3ccccc3)=CC2F)cc1. The van der Waals surface area contributed by atoms with Crippen molar-refractivity contribution in [3.05, 3.63) is 112 Å². The molecule has 0 saturated heterocycles. The van der Waals surface area contributed by atoms with Crippen LogP contribution in [0.3, 0.4) is 0 Å². The van der Waals surface area contributed by atoms with Crippen LogP contribution < -0.4 is 4.90 Å². The van der Waals surface area contributed by atoms with Crippen molar-refractivity contribution in [2.45, 2.75) is 89.8 Å². The molecule has 0 aliphatic heterocycles. The molecule has 0 spiro atoms. The van der Waals surface area contributed by atoms with E-state index in [4.69, 9.17) is 0 Å². The number of hydrogen-bond acceptors (Lipinski definition) is 3. The molecule has 0 radical (unpaired) electrons. The first-order valence-electron chi connectivity index (χ1n) is 15.5. The third-order valence-corrected chi connectivity index (χ3v) is 7.77. The van der Waals surface area contributed by atoms with E-state index in [-0.39, 0.29) is 0 Å². The summed E-state index contributed by atoms with van der Waals surface area (Å²) in [5, 5.41) is 12.1. The van der Waals surface area contributed by atoms with Crippen LogP contribution in [0.15, 0.2) is 90.6 Å². The number of unbranched alkanes of at least 4 members (excludes halogenated alkanes) is 8. The average molecular weight is 559 g/mol. The summed E-state index contributed by atoms with van der Waals surface area (Å²) < 4.78 is 15.3. The summed E-state index contributed by atoms with van der Waals surface area (Å²) >= 11 is 0. The zero-order valence-electron chi connectivity index (χ0n) is 24.9. The van der Waals surface area contributed by atoms with Crippen molar-refractivity contribution in [3.8, 4) is 0 Å². The summed E-state index contributed by atoms with van der Waals surface area (Å²) in [5.74, 6) is 0. The van der Waals surface area contributed by atoms with Crippen LogP contribution in [-0.4, -0.2) is 29.7 Å². The van der Waals surface area contributed by atoms with Gasteiger partial charge in [0.15, 0.2) is 6.17 Å². The second kappa shape index (κ2) is 17.4. The van der Waals surface area contributed by atoms with Gasteiger partial charge in [0.25, 0.3) is 5.54 Å². The number of rotatable bonds is 18. The Kier molecular flexibility index (Phi) is 13.6. The molecule has 2 aromatic rings. The van der Waals surface area contributed by atoms with Gasteiger partial charge in [0.1, 0.15) is 0 Å². The van der Waals surface area contributed by atoms with Crippen molar-refractivity contribution in [2.75, 3.05) is 18.0 Å². The van der Waals surface area contributed by atoms with Crippen LogP contribution in [0.5, 0.6) is 0 Å². The van der Waals surface area contributed by atoms with E-state index in [0.717, 1.165) is 24.2 Å². The van der Waals surface area contributed by atoms with Crippen molar-refractivity contribution in [1.29, 1.82) is 0 Å². The Morgan fingerprint density at radius 2 is 1.39 bits per heavy atom. The van der Waals surface area contributed by atoms with E-state index in [1.165, 1.54) is 88.1 Å². The van der Waals surface area contributed by atoms with Gasteiger partial charge in [-0.3, -0.25) is 10.1 Å². The Labute approximate surface area is 246 Å². The molecule has 0 amide bonds. The quantitative estimate of drug-likeness (QED) is 0.104. The van der Waals surface area contributed by atoms with Crippen LogP contribution >= 0.6 is 0 Å². The maximum absolute atomic E-state index is 15.3. The number of halogens is 1. The van der Waals surface area contributed by atoms with Gasteiger partial charge in [-0.25, -0.2) is 4.39 Å². The standard InChI is InChI=1S/C36H47FN2O2/c1-3-5-7-9-14-28-38(29-15-10-8-6-4-2)34-22-20-32(21-23-34)24-26-36(39(40)41)27-25-33(30-35(36)37)19-18-31-16-12-11-13-17-31/h11-13,16-27,30,35H,3-10,14-15,28-29H2,1-2H3. The van der Waals surface area contributed by atoms with Gasteiger partial charge in [-0.15, -0.1) is 0 Å². The number of nitro groups is 1. The van der Waals surface area contributed by atoms with Crippen LogP contribution in [0.2, 0.25) is 0 Å².